The molecular weight excluding hydrogens is 406 g/mol. The highest BCUT2D eigenvalue weighted by Crippen LogP contribution is 2.20. The number of amides is 1. The van der Waals surface area contributed by atoms with Crippen LogP contribution in [0.5, 0.6) is 5.75 Å². The minimum atomic E-state index is -0.0736. The average Bonchev–Trinajstić information content (AvgIpc) is 3.22. The molecule has 4 rings (SSSR count). The van der Waals surface area contributed by atoms with Crippen LogP contribution in [0.4, 0.5) is 0 Å². The lowest BCUT2D eigenvalue weighted by Gasteiger charge is -2.32. The zero-order valence-electron chi connectivity index (χ0n) is 16.0. The first-order valence-corrected chi connectivity index (χ1v) is 11.7. The maximum Gasteiger partial charge on any atom is 0.258 e. The molecule has 0 radical (unpaired) electrons. The van der Waals surface area contributed by atoms with Crippen LogP contribution in [0.2, 0.25) is 0 Å². The van der Waals surface area contributed by atoms with Gasteiger partial charge in [0.05, 0.1) is 18.1 Å². The summed E-state index contributed by atoms with van der Waals surface area (Å²) in [6.07, 6.45) is 3.81. The van der Waals surface area contributed by atoms with Gasteiger partial charge in [-0.15, -0.1) is 23.1 Å². The van der Waals surface area contributed by atoms with Gasteiger partial charge in [-0.3, -0.25) is 14.0 Å². The highest BCUT2D eigenvalue weighted by molar-refractivity contribution is 7.99. The summed E-state index contributed by atoms with van der Waals surface area (Å²) < 4.78 is 7.41. The van der Waals surface area contributed by atoms with E-state index in [4.69, 9.17) is 4.74 Å². The Morgan fingerprint density at radius 3 is 3.03 bits per heavy atom. The molecule has 1 fully saturated rings. The summed E-state index contributed by atoms with van der Waals surface area (Å²) in [7, 11) is 0. The summed E-state index contributed by atoms with van der Waals surface area (Å²) >= 11 is 2.95. The Morgan fingerprint density at radius 1 is 1.31 bits per heavy atom. The van der Waals surface area contributed by atoms with Crippen LogP contribution in [0.3, 0.4) is 0 Å². The number of fused-ring (bicyclic) bond motifs is 1. The van der Waals surface area contributed by atoms with Gasteiger partial charge in [0, 0.05) is 42.4 Å². The monoisotopic (exact) mass is 429 g/mol. The van der Waals surface area contributed by atoms with Crippen molar-refractivity contribution in [1.82, 2.24) is 14.3 Å². The predicted octanol–water partition coefficient (Wildman–Crippen LogP) is 3.31. The van der Waals surface area contributed by atoms with E-state index in [1.807, 2.05) is 40.6 Å². The molecule has 0 bridgehead atoms. The molecule has 1 unspecified atom stereocenters. The van der Waals surface area contributed by atoms with Crippen LogP contribution in [0.1, 0.15) is 18.5 Å². The zero-order valence-corrected chi connectivity index (χ0v) is 17.7. The number of hydrogen-bond acceptors (Lipinski definition) is 6. The largest absolute Gasteiger partial charge is 0.493 e. The fourth-order valence-corrected chi connectivity index (χ4v) is 5.01. The van der Waals surface area contributed by atoms with E-state index in [9.17, 15) is 9.59 Å². The molecule has 1 amide bonds. The van der Waals surface area contributed by atoms with Gasteiger partial charge in [0.15, 0.2) is 4.96 Å². The van der Waals surface area contributed by atoms with Gasteiger partial charge in [0.1, 0.15) is 5.75 Å². The van der Waals surface area contributed by atoms with E-state index in [1.54, 1.807) is 12.3 Å². The number of carbonyl (C=O) groups is 1. The van der Waals surface area contributed by atoms with E-state index in [2.05, 4.69) is 4.98 Å². The summed E-state index contributed by atoms with van der Waals surface area (Å²) in [6.45, 7) is 2.19. The fourth-order valence-electron chi connectivity index (χ4n) is 3.45. The number of para-hydroxylation sites is 1. The Kier molecular flexibility index (Phi) is 6.51. The molecule has 2 aromatic heterocycles. The molecule has 8 heteroatoms. The number of rotatable bonds is 7. The van der Waals surface area contributed by atoms with E-state index >= 15 is 0 Å². The third kappa shape index (κ3) is 5.19. The van der Waals surface area contributed by atoms with Crippen LogP contribution >= 0.6 is 23.1 Å². The van der Waals surface area contributed by atoms with Crippen molar-refractivity contribution in [1.29, 1.82) is 0 Å². The van der Waals surface area contributed by atoms with Gasteiger partial charge in [-0.25, -0.2) is 4.98 Å². The Balaban J connectivity index is 1.25. The number of ether oxygens (including phenoxy) is 1. The van der Waals surface area contributed by atoms with Gasteiger partial charge in [-0.05, 0) is 25.0 Å². The SMILES string of the molecule is O=C(CSCc1cc(=O)n2ccsc2n1)N1CCCC(COc2ccccc2)C1. The van der Waals surface area contributed by atoms with Crippen LogP contribution < -0.4 is 10.3 Å². The van der Waals surface area contributed by atoms with Crippen molar-refractivity contribution in [2.45, 2.75) is 18.6 Å². The van der Waals surface area contributed by atoms with Gasteiger partial charge >= 0.3 is 0 Å². The molecule has 6 nitrogen and oxygen atoms in total. The molecule has 3 heterocycles. The number of piperidine rings is 1. The van der Waals surface area contributed by atoms with Crippen molar-refractivity contribution >= 4 is 34.0 Å². The number of hydrogen-bond donors (Lipinski definition) is 0. The normalized spacial score (nSPS) is 16.8. The lowest BCUT2D eigenvalue weighted by molar-refractivity contribution is -0.130. The summed E-state index contributed by atoms with van der Waals surface area (Å²) in [5.74, 6) is 2.34. The lowest BCUT2D eigenvalue weighted by atomic mass is 9.99. The second-order valence-electron chi connectivity index (χ2n) is 7.11. The molecular formula is C21H23N3O3S2. The van der Waals surface area contributed by atoms with Crippen molar-refractivity contribution in [2.75, 3.05) is 25.4 Å². The van der Waals surface area contributed by atoms with Gasteiger partial charge in [0.25, 0.3) is 5.56 Å². The third-order valence-corrected chi connectivity index (χ3v) is 6.64. The first-order valence-electron chi connectivity index (χ1n) is 9.68. The Hall–Kier alpha value is -2.32. The summed E-state index contributed by atoms with van der Waals surface area (Å²) in [4.78, 5) is 31.8. The van der Waals surface area contributed by atoms with Crippen LogP contribution in [-0.2, 0) is 10.5 Å². The highest BCUT2D eigenvalue weighted by Gasteiger charge is 2.24. The molecule has 0 N–H and O–H groups in total. The molecule has 29 heavy (non-hydrogen) atoms. The van der Waals surface area contributed by atoms with E-state index < -0.39 is 0 Å². The molecule has 0 aliphatic carbocycles. The average molecular weight is 430 g/mol. The second-order valence-corrected chi connectivity index (χ2v) is 8.96. The van der Waals surface area contributed by atoms with Gasteiger partial charge in [-0.2, -0.15) is 0 Å². The van der Waals surface area contributed by atoms with Crippen LogP contribution in [0.25, 0.3) is 4.96 Å². The molecule has 0 spiro atoms. The molecule has 1 saturated heterocycles. The van der Waals surface area contributed by atoms with Crippen molar-refractivity contribution in [3.8, 4) is 5.75 Å². The second kappa shape index (κ2) is 9.45. The van der Waals surface area contributed by atoms with Crippen molar-refractivity contribution in [3.05, 3.63) is 64.0 Å². The van der Waals surface area contributed by atoms with Gasteiger partial charge in [0.2, 0.25) is 5.91 Å². The number of nitrogens with zero attached hydrogens (tertiary/aromatic N) is 3. The Morgan fingerprint density at radius 2 is 2.17 bits per heavy atom. The number of thioether (sulfide) groups is 1. The number of carbonyl (C=O) groups excluding carboxylic acids is 1. The molecule has 1 aliphatic rings. The molecule has 0 saturated carbocycles. The van der Waals surface area contributed by atoms with Crippen molar-refractivity contribution in [3.63, 3.8) is 0 Å². The minimum absolute atomic E-state index is 0.0736. The first kappa shape index (κ1) is 20.0. The van der Waals surface area contributed by atoms with Gasteiger partial charge in [-0.1, -0.05) is 18.2 Å². The third-order valence-electron chi connectivity index (χ3n) is 4.93. The van der Waals surface area contributed by atoms with Crippen LogP contribution in [0.15, 0.2) is 52.8 Å². The number of thiazole rings is 1. The maximum absolute atomic E-state index is 12.6. The van der Waals surface area contributed by atoms with E-state index in [1.165, 1.54) is 27.5 Å². The molecule has 1 atom stereocenters. The quantitative estimate of drug-likeness (QED) is 0.577. The smallest absolute Gasteiger partial charge is 0.258 e. The molecule has 3 aromatic rings. The molecule has 1 aromatic carbocycles. The standard InChI is InChI=1S/C21H23N3O3S2/c25-19-11-17(22-21-24(19)9-10-29-21)14-28-15-20(26)23-8-4-5-16(12-23)13-27-18-6-2-1-3-7-18/h1-3,6-7,9-11,16H,4-5,8,12-15H2. The number of likely N-dealkylation sites (tertiary alicyclic amines) is 1. The minimum Gasteiger partial charge on any atom is -0.493 e. The number of aromatic nitrogens is 2. The lowest BCUT2D eigenvalue weighted by Crippen LogP contribution is -2.42. The predicted molar refractivity (Wildman–Crippen MR) is 117 cm³/mol. The summed E-state index contributed by atoms with van der Waals surface area (Å²) in [6, 6.07) is 11.3. The summed E-state index contributed by atoms with van der Waals surface area (Å²) in [5, 5.41) is 1.85. The van der Waals surface area contributed by atoms with Gasteiger partial charge < -0.3 is 9.64 Å². The van der Waals surface area contributed by atoms with Crippen molar-refractivity contribution < 1.29 is 9.53 Å². The zero-order chi connectivity index (χ0) is 20.1. The topological polar surface area (TPSA) is 63.9 Å². The maximum atomic E-state index is 12.6. The van der Waals surface area contributed by atoms with Crippen LogP contribution in [0, 0.1) is 5.92 Å². The number of benzene rings is 1. The van der Waals surface area contributed by atoms with Crippen molar-refractivity contribution in [2.24, 2.45) is 5.92 Å². The highest BCUT2D eigenvalue weighted by atomic mass is 32.2. The Bertz CT molecular complexity index is 1020. The fraction of sp³-hybridized carbons (Fsp3) is 0.381. The molecule has 152 valence electrons. The van der Waals surface area contributed by atoms with Crippen LogP contribution in [-0.4, -0.2) is 45.6 Å². The summed E-state index contributed by atoms with van der Waals surface area (Å²) in [5.41, 5.74) is 0.651. The molecule has 1 aliphatic heterocycles. The van der Waals surface area contributed by atoms with E-state index in [0.717, 1.165) is 37.4 Å². The Labute approximate surface area is 177 Å². The van der Waals surface area contributed by atoms with E-state index in [0.29, 0.717) is 29.0 Å². The van der Waals surface area contributed by atoms with E-state index in [-0.39, 0.29) is 11.5 Å². The first-order chi connectivity index (χ1) is 14.2.